The first kappa shape index (κ1) is 15.6. The SMILES string of the molecule is CS(=O)(=O)N1CC[C@]2(C1)c1ccccc1S(=O)(=O)N2CC1CC1. The number of benzene rings is 1. The van der Waals surface area contributed by atoms with E-state index in [9.17, 15) is 16.8 Å². The Kier molecular flexibility index (Phi) is 3.23. The Balaban J connectivity index is 1.85. The molecule has 0 bridgehead atoms. The third kappa shape index (κ3) is 2.26. The van der Waals surface area contributed by atoms with Crippen LogP contribution < -0.4 is 0 Å². The topological polar surface area (TPSA) is 74.8 Å². The fraction of sp³-hybridized carbons (Fsp3) is 0.600. The van der Waals surface area contributed by atoms with Gasteiger partial charge in [0.2, 0.25) is 20.0 Å². The van der Waals surface area contributed by atoms with Gasteiger partial charge in [-0.3, -0.25) is 0 Å². The smallest absolute Gasteiger partial charge is 0.213 e. The van der Waals surface area contributed by atoms with Crippen molar-refractivity contribution in [2.75, 3.05) is 25.9 Å². The summed E-state index contributed by atoms with van der Waals surface area (Å²) in [4.78, 5) is 0.344. The number of hydrogen-bond acceptors (Lipinski definition) is 4. The molecule has 2 aliphatic heterocycles. The minimum Gasteiger partial charge on any atom is -0.213 e. The molecule has 6 nitrogen and oxygen atoms in total. The molecule has 0 radical (unpaired) electrons. The van der Waals surface area contributed by atoms with Gasteiger partial charge in [-0.1, -0.05) is 18.2 Å². The van der Waals surface area contributed by atoms with E-state index in [2.05, 4.69) is 0 Å². The van der Waals surface area contributed by atoms with Crippen LogP contribution in [0, 0.1) is 5.92 Å². The highest BCUT2D eigenvalue weighted by Gasteiger charge is 2.58. The lowest BCUT2D eigenvalue weighted by Gasteiger charge is -2.34. The maximum atomic E-state index is 13.0. The van der Waals surface area contributed by atoms with Gasteiger partial charge < -0.3 is 0 Å². The fourth-order valence-corrected chi connectivity index (χ4v) is 6.84. The minimum absolute atomic E-state index is 0.217. The molecule has 1 saturated carbocycles. The quantitative estimate of drug-likeness (QED) is 0.808. The van der Waals surface area contributed by atoms with E-state index in [4.69, 9.17) is 0 Å². The largest absolute Gasteiger partial charge is 0.244 e. The molecule has 2 fully saturated rings. The monoisotopic (exact) mass is 356 g/mol. The Bertz CT molecular complexity index is 861. The van der Waals surface area contributed by atoms with Crippen molar-refractivity contribution in [1.29, 1.82) is 0 Å². The zero-order valence-electron chi connectivity index (χ0n) is 13.0. The maximum absolute atomic E-state index is 13.0. The van der Waals surface area contributed by atoms with Crippen molar-refractivity contribution >= 4 is 20.0 Å². The van der Waals surface area contributed by atoms with Crippen molar-refractivity contribution in [1.82, 2.24) is 8.61 Å². The average molecular weight is 356 g/mol. The lowest BCUT2D eigenvalue weighted by Crippen LogP contribution is -2.47. The van der Waals surface area contributed by atoms with Crippen molar-refractivity contribution in [2.24, 2.45) is 5.92 Å². The van der Waals surface area contributed by atoms with Gasteiger partial charge in [0.25, 0.3) is 0 Å². The lowest BCUT2D eigenvalue weighted by atomic mass is 9.89. The van der Waals surface area contributed by atoms with E-state index in [1.807, 2.05) is 12.1 Å². The molecule has 23 heavy (non-hydrogen) atoms. The first-order valence-corrected chi connectivity index (χ1v) is 11.1. The molecule has 2 heterocycles. The molecular formula is C15H20N2O4S2. The van der Waals surface area contributed by atoms with E-state index in [1.54, 1.807) is 16.4 Å². The van der Waals surface area contributed by atoms with Gasteiger partial charge in [-0.15, -0.1) is 0 Å². The summed E-state index contributed by atoms with van der Waals surface area (Å²) in [5.41, 5.74) is 0.0213. The summed E-state index contributed by atoms with van der Waals surface area (Å²) < 4.78 is 52.9. The highest BCUT2D eigenvalue weighted by atomic mass is 32.2. The van der Waals surface area contributed by atoms with Crippen LogP contribution in [-0.2, 0) is 25.6 Å². The van der Waals surface area contributed by atoms with Crippen molar-refractivity contribution in [3.05, 3.63) is 29.8 Å². The van der Waals surface area contributed by atoms with Crippen LogP contribution in [0.2, 0.25) is 0 Å². The average Bonchev–Trinajstić information content (AvgIpc) is 3.15. The van der Waals surface area contributed by atoms with Crippen LogP contribution in [0.15, 0.2) is 29.2 Å². The number of nitrogens with zero attached hydrogens (tertiary/aromatic N) is 2. The van der Waals surface area contributed by atoms with Gasteiger partial charge in [-0.2, -0.15) is 8.61 Å². The number of sulfonamides is 2. The summed E-state index contributed by atoms with van der Waals surface area (Å²) in [7, 11) is -6.88. The molecule has 8 heteroatoms. The second-order valence-corrected chi connectivity index (χ2v) is 10.7. The van der Waals surface area contributed by atoms with E-state index >= 15 is 0 Å². The molecule has 0 aromatic heterocycles. The summed E-state index contributed by atoms with van der Waals surface area (Å²) >= 11 is 0. The van der Waals surface area contributed by atoms with Gasteiger partial charge in [-0.05, 0) is 36.8 Å². The molecule has 1 atom stereocenters. The summed E-state index contributed by atoms with van der Waals surface area (Å²) in [6.45, 7) is 1.08. The second kappa shape index (κ2) is 4.78. The highest BCUT2D eigenvalue weighted by molar-refractivity contribution is 7.89. The van der Waals surface area contributed by atoms with E-state index < -0.39 is 25.6 Å². The Hall–Kier alpha value is -0.960. The molecule has 4 rings (SSSR count). The molecule has 0 amide bonds. The molecular weight excluding hydrogens is 336 g/mol. The Morgan fingerprint density at radius 3 is 2.57 bits per heavy atom. The second-order valence-electron chi connectivity index (χ2n) is 6.85. The van der Waals surface area contributed by atoms with E-state index in [0.29, 0.717) is 30.3 Å². The highest BCUT2D eigenvalue weighted by Crippen LogP contribution is 2.51. The molecule has 1 saturated heterocycles. The van der Waals surface area contributed by atoms with Crippen LogP contribution in [0.4, 0.5) is 0 Å². The van der Waals surface area contributed by atoms with Crippen LogP contribution in [0.25, 0.3) is 0 Å². The van der Waals surface area contributed by atoms with Gasteiger partial charge in [0.15, 0.2) is 0 Å². The summed E-state index contributed by atoms with van der Waals surface area (Å²) in [5.74, 6) is 0.406. The zero-order valence-corrected chi connectivity index (χ0v) is 14.6. The Labute approximate surface area is 137 Å². The number of fused-ring (bicyclic) bond motifs is 2. The third-order valence-electron chi connectivity index (χ3n) is 5.24. The number of hydrogen-bond donors (Lipinski definition) is 0. The van der Waals surface area contributed by atoms with Gasteiger partial charge >= 0.3 is 0 Å². The molecule has 1 spiro atoms. The van der Waals surface area contributed by atoms with E-state index in [0.717, 1.165) is 18.4 Å². The van der Waals surface area contributed by atoms with E-state index in [-0.39, 0.29) is 6.54 Å². The number of rotatable bonds is 3. The van der Waals surface area contributed by atoms with Crippen LogP contribution in [0.3, 0.4) is 0 Å². The van der Waals surface area contributed by atoms with Gasteiger partial charge in [-0.25, -0.2) is 16.8 Å². The van der Waals surface area contributed by atoms with Crippen molar-refractivity contribution < 1.29 is 16.8 Å². The first-order valence-electron chi connectivity index (χ1n) is 7.83. The molecule has 126 valence electrons. The predicted octanol–water partition coefficient (Wildman–Crippen LogP) is 0.962. The van der Waals surface area contributed by atoms with Crippen LogP contribution >= 0.6 is 0 Å². The fourth-order valence-electron chi connectivity index (χ4n) is 3.83. The standard InChI is InChI=1S/C15H20N2O4S2/c1-22(18,19)16-9-8-15(11-16)13-4-2-3-5-14(13)23(20,21)17(15)10-12-6-7-12/h2-5,12H,6-11H2,1H3/t15-/m0/s1. The van der Waals surface area contributed by atoms with Gasteiger partial charge in [0.1, 0.15) is 0 Å². The maximum Gasteiger partial charge on any atom is 0.244 e. The molecule has 3 aliphatic rings. The summed E-state index contributed by atoms with van der Waals surface area (Å²) in [5, 5.41) is 0. The third-order valence-corrected chi connectivity index (χ3v) is 8.48. The van der Waals surface area contributed by atoms with Crippen LogP contribution in [0.5, 0.6) is 0 Å². The predicted molar refractivity (Wildman–Crippen MR) is 85.8 cm³/mol. The summed E-state index contributed by atoms with van der Waals surface area (Å²) in [6, 6.07) is 7.04. The van der Waals surface area contributed by atoms with Crippen LogP contribution in [-0.4, -0.2) is 51.3 Å². The molecule has 0 unspecified atom stereocenters. The molecule has 1 aliphatic carbocycles. The van der Waals surface area contributed by atoms with Gasteiger partial charge in [0.05, 0.1) is 16.7 Å². The van der Waals surface area contributed by atoms with E-state index in [1.165, 1.54) is 10.6 Å². The van der Waals surface area contributed by atoms with Crippen molar-refractivity contribution in [3.63, 3.8) is 0 Å². The molecule has 0 N–H and O–H groups in total. The van der Waals surface area contributed by atoms with Crippen molar-refractivity contribution in [2.45, 2.75) is 29.7 Å². The molecule has 1 aromatic rings. The Morgan fingerprint density at radius 1 is 1.26 bits per heavy atom. The summed E-state index contributed by atoms with van der Waals surface area (Å²) in [6.07, 6.45) is 3.80. The Morgan fingerprint density at radius 2 is 1.96 bits per heavy atom. The zero-order chi connectivity index (χ0) is 16.5. The first-order chi connectivity index (χ1) is 10.7. The van der Waals surface area contributed by atoms with Crippen molar-refractivity contribution in [3.8, 4) is 0 Å². The normalized spacial score (nSPS) is 30.8. The van der Waals surface area contributed by atoms with Crippen LogP contribution in [0.1, 0.15) is 24.8 Å². The minimum atomic E-state index is -3.55. The lowest BCUT2D eigenvalue weighted by molar-refractivity contribution is 0.204. The van der Waals surface area contributed by atoms with Gasteiger partial charge in [0, 0.05) is 19.6 Å². The molecule has 1 aromatic carbocycles.